The minimum Gasteiger partial charge on any atom is -0.493 e. The number of hydrogen-bond acceptors (Lipinski definition) is 5. The monoisotopic (exact) mass is 320 g/mol. The molecule has 0 saturated carbocycles. The predicted molar refractivity (Wildman–Crippen MR) is 82.7 cm³/mol. The van der Waals surface area contributed by atoms with Crippen molar-refractivity contribution in [1.82, 2.24) is 4.98 Å². The average Bonchev–Trinajstić information content (AvgIpc) is 2.54. The Balaban J connectivity index is 2.28. The van der Waals surface area contributed by atoms with Crippen LogP contribution in [0.25, 0.3) is 0 Å². The highest BCUT2D eigenvalue weighted by Gasteiger charge is 2.17. The summed E-state index contributed by atoms with van der Waals surface area (Å²) in [4.78, 5) is 14.9. The molecular formula is C16H17FN2O4. The van der Waals surface area contributed by atoms with Gasteiger partial charge in [-0.05, 0) is 25.1 Å². The maximum atomic E-state index is 14.2. The molecule has 0 aliphatic rings. The highest BCUT2D eigenvalue weighted by molar-refractivity contribution is 5.85. The molecule has 0 aliphatic carbocycles. The molecule has 1 aromatic carbocycles. The molecule has 0 radical (unpaired) electrons. The summed E-state index contributed by atoms with van der Waals surface area (Å²) in [6.45, 7) is 1.74. The normalized spacial score (nSPS) is 11.7. The number of carboxylic acids is 1. The van der Waals surface area contributed by atoms with E-state index in [1.807, 2.05) is 0 Å². The van der Waals surface area contributed by atoms with Gasteiger partial charge in [-0.25, -0.2) is 14.2 Å². The van der Waals surface area contributed by atoms with Crippen molar-refractivity contribution >= 4 is 11.8 Å². The topological polar surface area (TPSA) is 80.7 Å². The Labute approximate surface area is 132 Å². The Morgan fingerprint density at radius 3 is 2.52 bits per heavy atom. The van der Waals surface area contributed by atoms with Gasteiger partial charge in [0.2, 0.25) is 0 Å². The second-order valence-corrected chi connectivity index (χ2v) is 4.81. The molecule has 0 spiro atoms. The lowest BCUT2D eigenvalue weighted by molar-refractivity contribution is 0.0690. The van der Waals surface area contributed by atoms with Gasteiger partial charge >= 0.3 is 5.97 Å². The van der Waals surface area contributed by atoms with Crippen LogP contribution in [0.5, 0.6) is 11.5 Å². The molecule has 0 bridgehead atoms. The van der Waals surface area contributed by atoms with Gasteiger partial charge in [-0.1, -0.05) is 6.07 Å². The predicted octanol–water partition coefficient (Wildman–Crippen LogP) is 3.11. The molecule has 2 N–H and O–H groups in total. The van der Waals surface area contributed by atoms with E-state index in [1.54, 1.807) is 19.1 Å². The summed E-state index contributed by atoms with van der Waals surface area (Å²) in [5.74, 6) is -0.543. The van der Waals surface area contributed by atoms with Gasteiger partial charge in [0.1, 0.15) is 11.6 Å². The Kier molecular flexibility index (Phi) is 5.00. The van der Waals surface area contributed by atoms with E-state index in [9.17, 15) is 9.18 Å². The Morgan fingerprint density at radius 2 is 1.91 bits per heavy atom. The first-order valence-corrected chi connectivity index (χ1v) is 6.84. The molecular weight excluding hydrogens is 303 g/mol. The number of ether oxygens (including phenoxy) is 2. The standard InChI is InChI=1S/C16H17FN2O4/c1-9(18-15-6-4-5-12(19-15)16(20)21)10-7-13(22-2)14(23-3)8-11(10)17/h4-9H,1-3H3,(H,18,19)(H,20,21). The number of carbonyl (C=O) groups is 1. The smallest absolute Gasteiger partial charge is 0.354 e. The van der Waals surface area contributed by atoms with Crippen molar-refractivity contribution in [2.45, 2.75) is 13.0 Å². The van der Waals surface area contributed by atoms with Crippen LogP contribution in [0.3, 0.4) is 0 Å². The molecule has 0 aliphatic heterocycles. The lowest BCUT2D eigenvalue weighted by Crippen LogP contribution is -2.12. The van der Waals surface area contributed by atoms with E-state index in [1.165, 1.54) is 32.4 Å². The van der Waals surface area contributed by atoms with Gasteiger partial charge < -0.3 is 19.9 Å². The van der Waals surface area contributed by atoms with Crippen molar-refractivity contribution in [3.8, 4) is 11.5 Å². The number of rotatable bonds is 6. The Bertz CT molecular complexity index is 721. The molecule has 1 unspecified atom stereocenters. The van der Waals surface area contributed by atoms with Crippen LogP contribution in [0.15, 0.2) is 30.3 Å². The van der Waals surface area contributed by atoms with Crippen LogP contribution in [-0.2, 0) is 0 Å². The first-order valence-electron chi connectivity index (χ1n) is 6.84. The molecule has 0 amide bonds. The molecule has 7 heteroatoms. The SMILES string of the molecule is COc1cc(F)c(C(C)Nc2cccc(C(=O)O)n2)cc1OC. The second-order valence-electron chi connectivity index (χ2n) is 4.81. The highest BCUT2D eigenvalue weighted by Crippen LogP contribution is 2.33. The third-order valence-electron chi connectivity index (χ3n) is 3.30. The average molecular weight is 320 g/mol. The first-order chi connectivity index (χ1) is 11.0. The maximum absolute atomic E-state index is 14.2. The minimum atomic E-state index is -1.13. The summed E-state index contributed by atoms with van der Waals surface area (Å²) in [5.41, 5.74) is 0.264. The summed E-state index contributed by atoms with van der Waals surface area (Å²) in [7, 11) is 2.90. The van der Waals surface area contributed by atoms with Crippen molar-refractivity contribution in [2.75, 3.05) is 19.5 Å². The fraction of sp³-hybridized carbons (Fsp3) is 0.250. The fourth-order valence-electron chi connectivity index (χ4n) is 2.14. The maximum Gasteiger partial charge on any atom is 0.354 e. The summed E-state index contributed by atoms with van der Waals surface area (Å²) in [6.07, 6.45) is 0. The molecule has 122 valence electrons. The molecule has 2 rings (SSSR count). The van der Waals surface area contributed by atoms with Crippen molar-refractivity contribution < 1.29 is 23.8 Å². The Morgan fingerprint density at radius 1 is 1.26 bits per heavy atom. The number of aromatic nitrogens is 1. The second kappa shape index (κ2) is 6.95. The molecule has 6 nitrogen and oxygen atoms in total. The molecule has 23 heavy (non-hydrogen) atoms. The number of pyridine rings is 1. The third-order valence-corrected chi connectivity index (χ3v) is 3.30. The van der Waals surface area contributed by atoms with Crippen molar-refractivity contribution in [3.05, 3.63) is 47.4 Å². The largest absolute Gasteiger partial charge is 0.493 e. The number of methoxy groups -OCH3 is 2. The Hall–Kier alpha value is -2.83. The summed E-state index contributed by atoms with van der Waals surface area (Å²) >= 11 is 0. The fourth-order valence-corrected chi connectivity index (χ4v) is 2.14. The molecule has 1 aromatic heterocycles. The van der Waals surface area contributed by atoms with E-state index in [-0.39, 0.29) is 5.69 Å². The highest BCUT2D eigenvalue weighted by atomic mass is 19.1. The number of hydrogen-bond donors (Lipinski definition) is 2. The van der Waals surface area contributed by atoms with E-state index >= 15 is 0 Å². The molecule has 0 saturated heterocycles. The summed E-state index contributed by atoms with van der Waals surface area (Å²) in [5, 5.41) is 11.9. The number of halogens is 1. The molecule has 1 heterocycles. The van der Waals surface area contributed by atoms with E-state index in [4.69, 9.17) is 14.6 Å². The zero-order chi connectivity index (χ0) is 17.0. The van der Waals surface area contributed by atoms with Crippen molar-refractivity contribution in [2.24, 2.45) is 0 Å². The number of benzene rings is 1. The van der Waals surface area contributed by atoms with Crippen LogP contribution in [0, 0.1) is 5.82 Å². The lowest BCUT2D eigenvalue weighted by atomic mass is 10.1. The van der Waals surface area contributed by atoms with Gasteiger partial charge in [0.15, 0.2) is 17.2 Å². The van der Waals surface area contributed by atoms with E-state index < -0.39 is 17.8 Å². The van der Waals surface area contributed by atoms with Crippen LogP contribution in [-0.4, -0.2) is 30.3 Å². The zero-order valence-electron chi connectivity index (χ0n) is 13.0. The minimum absolute atomic E-state index is 0.0880. The van der Waals surface area contributed by atoms with E-state index in [0.29, 0.717) is 22.9 Å². The summed E-state index contributed by atoms with van der Waals surface area (Å²) < 4.78 is 24.4. The summed E-state index contributed by atoms with van der Waals surface area (Å²) in [6, 6.07) is 6.89. The van der Waals surface area contributed by atoms with Gasteiger partial charge in [0.05, 0.1) is 20.3 Å². The quantitative estimate of drug-likeness (QED) is 0.851. The van der Waals surface area contributed by atoms with Crippen LogP contribution in [0.1, 0.15) is 29.0 Å². The van der Waals surface area contributed by atoms with Gasteiger partial charge in [-0.3, -0.25) is 0 Å². The van der Waals surface area contributed by atoms with Gasteiger partial charge in [-0.15, -0.1) is 0 Å². The van der Waals surface area contributed by atoms with E-state index in [2.05, 4.69) is 10.3 Å². The van der Waals surface area contributed by atoms with Crippen LogP contribution >= 0.6 is 0 Å². The van der Waals surface area contributed by atoms with Crippen LogP contribution in [0.2, 0.25) is 0 Å². The number of nitrogens with one attached hydrogen (secondary N) is 1. The van der Waals surface area contributed by atoms with Crippen molar-refractivity contribution in [1.29, 1.82) is 0 Å². The number of nitrogens with zero attached hydrogens (tertiary/aromatic N) is 1. The number of carboxylic acid groups (broad SMARTS) is 1. The molecule has 2 aromatic rings. The van der Waals surface area contributed by atoms with Crippen LogP contribution in [0.4, 0.5) is 10.2 Å². The van der Waals surface area contributed by atoms with Crippen molar-refractivity contribution in [3.63, 3.8) is 0 Å². The number of anilines is 1. The van der Waals surface area contributed by atoms with Gasteiger partial charge in [-0.2, -0.15) is 0 Å². The first kappa shape index (κ1) is 16.5. The van der Waals surface area contributed by atoms with Gasteiger partial charge in [0.25, 0.3) is 0 Å². The van der Waals surface area contributed by atoms with Gasteiger partial charge in [0, 0.05) is 11.6 Å². The molecule has 0 fully saturated rings. The van der Waals surface area contributed by atoms with E-state index in [0.717, 1.165) is 0 Å². The zero-order valence-corrected chi connectivity index (χ0v) is 13.0. The lowest BCUT2D eigenvalue weighted by Gasteiger charge is -2.18. The third kappa shape index (κ3) is 3.68. The molecule has 1 atom stereocenters. The van der Waals surface area contributed by atoms with Crippen LogP contribution < -0.4 is 14.8 Å². The number of aromatic carboxylic acids is 1.